The molecule has 51 heavy (non-hydrogen) atoms. The second-order valence-electron chi connectivity index (χ2n) is 12.0. The van der Waals surface area contributed by atoms with Gasteiger partial charge in [0.15, 0.2) is 0 Å². The third kappa shape index (κ3) is 10.8. The lowest BCUT2D eigenvalue weighted by atomic mass is 10.0. The zero-order chi connectivity index (χ0) is 37.1. The quantitative estimate of drug-likeness (QED) is 0.171. The minimum atomic E-state index is -1.89. The summed E-state index contributed by atoms with van der Waals surface area (Å²) in [5, 5.41) is 22.0. The molecule has 1 fully saturated rings. The zero-order valence-electron chi connectivity index (χ0n) is 27.4. The van der Waals surface area contributed by atoms with Gasteiger partial charge in [-0.25, -0.2) is 8.78 Å². The van der Waals surface area contributed by atoms with Crippen molar-refractivity contribution in [3.8, 4) is 5.75 Å². The highest BCUT2D eigenvalue weighted by atomic mass is 19.1. The Labute approximate surface area is 291 Å². The maximum Gasteiger partial charge on any atom is 0.248 e. The van der Waals surface area contributed by atoms with Crippen LogP contribution in [0.3, 0.4) is 0 Å². The predicted octanol–water partition coefficient (Wildman–Crippen LogP) is 0.400. The Morgan fingerprint density at radius 3 is 2.20 bits per heavy atom. The molecule has 10 N–H and O–H groups in total. The van der Waals surface area contributed by atoms with Crippen LogP contribution in [0.4, 0.5) is 8.78 Å². The highest BCUT2D eigenvalue weighted by molar-refractivity contribution is 5.97. The molecular formula is C35H39F2N7O7. The molecule has 0 aromatic heterocycles. The van der Waals surface area contributed by atoms with Gasteiger partial charge in [0, 0.05) is 18.2 Å². The minimum absolute atomic E-state index is 0.0331. The molecule has 3 aromatic rings. The third-order valence-electron chi connectivity index (χ3n) is 8.16. The summed E-state index contributed by atoms with van der Waals surface area (Å²) in [6.45, 7) is 0.0943. The monoisotopic (exact) mass is 707 g/mol. The molecule has 0 unspecified atom stereocenters. The van der Waals surface area contributed by atoms with Crippen LogP contribution in [0.15, 0.2) is 72.8 Å². The molecule has 0 aliphatic carbocycles. The number of halogens is 2. The van der Waals surface area contributed by atoms with E-state index >= 15 is 4.39 Å². The number of hydrogen-bond acceptors (Lipinski definition) is 8. The van der Waals surface area contributed by atoms with Crippen LogP contribution >= 0.6 is 0 Å². The summed E-state index contributed by atoms with van der Waals surface area (Å²) in [4.78, 5) is 79.5. The summed E-state index contributed by atoms with van der Waals surface area (Å²) in [7, 11) is 0. The Bertz CT molecular complexity index is 1740. The van der Waals surface area contributed by atoms with Crippen LogP contribution in [0.2, 0.25) is 0 Å². The van der Waals surface area contributed by atoms with Crippen molar-refractivity contribution in [1.29, 1.82) is 0 Å². The van der Waals surface area contributed by atoms with Crippen LogP contribution in [0, 0.1) is 11.6 Å². The number of phenols is 1. The van der Waals surface area contributed by atoms with E-state index in [0.29, 0.717) is 24.5 Å². The number of nitrogens with one attached hydrogen (secondary N) is 5. The number of phenolic OH excluding ortho intramolecular Hbond substituents is 1. The van der Waals surface area contributed by atoms with Gasteiger partial charge in [0.05, 0.1) is 12.5 Å². The number of primary amides is 1. The summed E-state index contributed by atoms with van der Waals surface area (Å²) in [6.07, 6.45) is 0.175. The molecule has 16 heteroatoms. The van der Waals surface area contributed by atoms with E-state index in [2.05, 4.69) is 26.6 Å². The topological polar surface area (TPSA) is 235 Å². The first kappa shape index (κ1) is 37.9. The smallest absolute Gasteiger partial charge is 0.248 e. The number of hydrogen-bond donors (Lipinski definition) is 8. The summed E-state index contributed by atoms with van der Waals surface area (Å²) in [5.74, 6) is -7.52. The molecule has 1 aliphatic heterocycles. The summed E-state index contributed by atoms with van der Waals surface area (Å²) in [5.41, 5.74) is 12.0. The largest absolute Gasteiger partial charge is 0.508 e. The number of nitrogens with two attached hydrogens (primary N) is 2. The molecule has 0 saturated carbocycles. The molecule has 3 aromatic carbocycles. The maximum absolute atomic E-state index is 15.1. The molecule has 0 radical (unpaired) electrons. The molecule has 6 amide bonds. The van der Waals surface area contributed by atoms with Crippen LogP contribution in [-0.2, 0) is 35.2 Å². The number of carbonyl (C=O) groups excluding carboxylic acids is 6. The van der Waals surface area contributed by atoms with Gasteiger partial charge in [0.2, 0.25) is 35.4 Å². The van der Waals surface area contributed by atoms with E-state index in [0.717, 1.165) is 12.1 Å². The van der Waals surface area contributed by atoms with Crippen LogP contribution in [0.5, 0.6) is 5.75 Å². The average Bonchev–Trinajstić information content (AvgIpc) is 3.09. The standard InChI is InChI=1S/C35H39F2N7O7/c36-21-11-14-23(24(37)17-21)30-35(51)42-27(31(39)47)18-28(46)40-15-5-4-8-26(41-32(48)25(38)16-19-9-12-22(45)13-10-19)33(49)43-29(34(50)44-30)20-6-2-1-3-7-20/h1-3,6-7,9-14,17,25-27,29-30,45H,4-5,8,15-16,18,38H2,(H2,39,47)(H,40,46)(H,41,48)(H,42,51)(H,43,49)(H,44,50)/t25-,26+,27-,29-,30-/m0/s1. The van der Waals surface area contributed by atoms with E-state index in [4.69, 9.17) is 11.5 Å². The fraction of sp³-hybridized carbons (Fsp3) is 0.314. The molecule has 270 valence electrons. The van der Waals surface area contributed by atoms with Crippen molar-refractivity contribution in [2.45, 2.75) is 62.3 Å². The van der Waals surface area contributed by atoms with E-state index in [1.807, 2.05) is 0 Å². The second-order valence-corrected chi connectivity index (χ2v) is 12.0. The molecule has 14 nitrogen and oxygen atoms in total. The van der Waals surface area contributed by atoms with Crippen molar-refractivity contribution in [2.75, 3.05) is 6.54 Å². The Kier molecular flexibility index (Phi) is 13.1. The lowest BCUT2D eigenvalue weighted by Gasteiger charge is -2.27. The zero-order valence-corrected chi connectivity index (χ0v) is 27.4. The van der Waals surface area contributed by atoms with Crippen molar-refractivity contribution in [2.24, 2.45) is 11.5 Å². The normalized spacial score (nSPS) is 21.5. The van der Waals surface area contributed by atoms with Gasteiger partial charge in [0.25, 0.3) is 0 Å². The molecule has 4 rings (SSSR count). The minimum Gasteiger partial charge on any atom is -0.508 e. The van der Waals surface area contributed by atoms with Gasteiger partial charge in [0.1, 0.15) is 41.6 Å². The lowest BCUT2D eigenvalue weighted by molar-refractivity contribution is -0.135. The third-order valence-corrected chi connectivity index (χ3v) is 8.16. The molecule has 0 spiro atoms. The Balaban J connectivity index is 1.68. The number of rotatable bonds is 7. The van der Waals surface area contributed by atoms with Gasteiger partial charge in [-0.1, -0.05) is 48.5 Å². The molecular weight excluding hydrogens is 668 g/mol. The molecule has 5 atom stereocenters. The summed E-state index contributed by atoms with van der Waals surface area (Å²) in [6, 6.07) is 8.93. The van der Waals surface area contributed by atoms with Crippen LogP contribution in [0.1, 0.15) is 54.5 Å². The number of benzene rings is 3. The number of carbonyl (C=O) groups is 6. The van der Waals surface area contributed by atoms with E-state index < -0.39 is 89.3 Å². The summed E-state index contributed by atoms with van der Waals surface area (Å²) < 4.78 is 28.9. The Hall–Kier alpha value is -5.90. The fourth-order valence-electron chi connectivity index (χ4n) is 5.40. The fourth-order valence-corrected chi connectivity index (χ4v) is 5.40. The number of amides is 6. The molecule has 1 aliphatic rings. The molecule has 0 bridgehead atoms. The first-order valence-electron chi connectivity index (χ1n) is 16.1. The van der Waals surface area contributed by atoms with Gasteiger partial charge in [-0.15, -0.1) is 0 Å². The van der Waals surface area contributed by atoms with E-state index in [-0.39, 0.29) is 30.7 Å². The van der Waals surface area contributed by atoms with Crippen molar-refractivity contribution in [3.05, 3.63) is 101 Å². The van der Waals surface area contributed by atoms with E-state index in [1.54, 1.807) is 30.3 Å². The number of aromatic hydroxyl groups is 1. The maximum atomic E-state index is 15.1. The van der Waals surface area contributed by atoms with Gasteiger partial charge in [-0.2, -0.15) is 0 Å². The van der Waals surface area contributed by atoms with Crippen molar-refractivity contribution < 1.29 is 42.7 Å². The second kappa shape index (κ2) is 17.7. The summed E-state index contributed by atoms with van der Waals surface area (Å²) >= 11 is 0. The highest BCUT2D eigenvalue weighted by Crippen LogP contribution is 2.22. The van der Waals surface area contributed by atoms with Crippen LogP contribution in [-0.4, -0.2) is 65.2 Å². The Morgan fingerprint density at radius 2 is 1.53 bits per heavy atom. The van der Waals surface area contributed by atoms with Crippen LogP contribution in [0.25, 0.3) is 0 Å². The van der Waals surface area contributed by atoms with Gasteiger partial charge in [-0.3, -0.25) is 28.8 Å². The lowest BCUT2D eigenvalue weighted by Crippen LogP contribution is -2.54. The van der Waals surface area contributed by atoms with E-state index in [9.17, 15) is 38.3 Å². The molecule has 1 saturated heterocycles. The molecule has 1 heterocycles. The van der Waals surface area contributed by atoms with Gasteiger partial charge >= 0.3 is 0 Å². The van der Waals surface area contributed by atoms with Gasteiger partial charge < -0.3 is 43.2 Å². The average molecular weight is 708 g/mol. The SMILES string of the molecule is NC(=O)[C@@H]1CC(=O)NCCCC[C@@H](NC(=O)[C@@H](N)Cc2ccc(O)cc2)C(=O)N[C@@H](c2ccccc2)C(=O)N[C@@H](c2ccc(F)cc2F)C(=O)N1. The van der Waals surface area contributed by atoms with Crippen molar-refractivity contribution >= 4 is 35.4 Å². The van der Waals surface area contributed by atoms with Crippen molar-refractivity contribution in [1.82, 2.24) is 26.6 Å². The van der Waals surface area contributed by atoms with Crippen LogP contribution < -0.4 is 38.1 Å². The highest BCUT2D eigenvalue weighted by Gasteiger charge is 2.34. The van der Waals surface area contributed by atoms with E-state index in [1.165, 1.54) is 24.3 Å². The first-order chi connectivity index (χ1) is 24.3. The van der Waals surface area contributed by atoms with Crippen molar-refractivity contribution in [3.63, 3.8) is 0 Å². The Morgan fingerprint density at radius 1 is 0.863 bits per heavy atom. The first-order valence-corrected chi connectivity index (χ1v) is 16.1. The predicted molar refractivity (Wildman–Crippen MR) is 179 cm³/mol. The van der Waals surface area contributed by atoms with Gasteiger partial charge in [-0.05, 0) is 55.0 Å².